The minimum Gasteiger partial charge on any atom is -0.463 e. The Morgan fingerprint density at radius 2 is 1.37 bits per heavy atom. The van der Waals surface area contributed by atoms with Crippen molar-refractivity contribution in [3.8, 4) is 0 Å². The van der Waals surface area contributed by atoms with Crippen LogP contribution in [0.5, 0.6) is 0 Å². The number of ether oxygens (including phenoxy) is 4. The van der Waals surface area contributed by atoms with Gasteiger partial charge in [-0.1, -0.05) is 38.1 Å². The lowest BCUT2D eigenvalue weighted by atomic mass is 9.97. The molecule has 1 aromatic carbocycles. The van der Waals surface area contributed by atoms with E-state index in [9.17, 15) is 4.79 Å². The maximum atomic E-state index is 12.1. The van der Waals surface area contributed by atoms with Gasteiger partial charge in [0, 0.05) is 0 Å². The summed E-state index contributed by atoms with van der Waals surface area (Å²) in [5, 5.41) is 8.55. The largest absolute Gasteiger partial charge is 0.463 e. The molecule has 0 saturated heterocycles. The summed E-state index contributed by atoms with van der Waals surface area (Å²) < 4.78 is 21.0. The third-order valence-corrected chi connectivity index (χ3v) is 3.93. The highest BCUT2D eigenvalue weighted by Crippen LogP contribution is 2.18. The van der Waals surface area contributed by atoms with E-state index < -0.39 is 0 Å². The van der Waals surface area contributed by atoms with Gasteiger partial charge in [-0.25, -0.2) is 0 Å². The maximum Gasteiger partial charge on any atom is 0.313 e. The first-order chi connectivity index (χ1) is 13.0. The first-order valence-electron chi connectivity index (χ1n) is 9.64. The molecule has 0 radical (unpaired) electrons. The number of aliphatic hydroxyl groups excluding tert-OH is 1. The quantitative estimate of drug-likeness (QED) is 0.371. The fraction of sp³-hybridized carbons (Fsp3) is 0.667. The zero-order valence-electron chi connectivity index (χ0n) is 16.8. The van der Waals surface area contributed by atoms with E-state index in [1.54, 1.807) is 0 Å². The third kappa shape index (κ3) is 11.1. The molecule has 6 heteroatoms. The Balaban J connectivity index is 2.10. The molecular weight excluding hydrogens is 348 g/mol. The van der Waals surface area contributed by atoms with Crippen LogP contribution in [-0.4, -0.2) is 63.9 Å². The van der Waals surface area contributed by atoms with Gasteiger partial charge in [0.15, 0.2) is 0 Å². The average molecular weight is 382 g/mol. The van der Waals surface area contributed by atoms with Crippen molar-refractivity contribution in [3.05, 3.63) is 35.4 Å². The van der Waals surface area contributed by atoms with Crippen LogP contribution in [0.15, 0.2) is 24.3 Å². The van der Waals surface area contributed by atoms with Crippen molar-refractivity contribution < 1.29 is 28.8 Å². The molecule has 0 aliphatic rings. The number of hydrogen-bond acceptors (Lipinski definition) is 6. The molecule has 154 valence electrons. The molecule has 1 atom stereocenters. The summed E-state index contributed by atoms with van der Waals surface area (Å²) in [7, 11) is 0. The molecule has 27 heavy (non-hydrogen) atoms. The molecule has 0 aliphatic carbocycles. The van der Waals surface area contributed by atoms with Crippen LogP contribution in [0.25, 0.3) is 0 Å². The Morgan fingerprint density at radius 1 is 0.852 bits per heavy atom. The van der Waals surface area contributed by atoms with Crippen molar-refractivity contribution in [2.45, 2.75) is 33.1 Å². The lowest BCUT2D eigenvalue weighted by molar-refractivity contribution is -0.146. The fourth-order valence-electron chi connectivity index (χ4n) is 2.48. The molecule has 0 saturated carbocycles. The maximum absolute atomic E-state index is 12.1. The van der Waals surface area contributed by atoms with Crippen LogP contribution >= 0.6 is 0 Å². The van der Waals surface area contributed by atoms with E-state index in [2.05, 4.69) is 26.0 Å². The molecule has 0 fully saturated rings. The third-order valence-electron chi connectivity index (χ3n) is 3.93. The Bertz CT molecular complexity index is 500. The van der Waals surface area contributed by atoms with Crippen molar-refractivity contribution in [1.82, 2.24) is 0 Å². The highest BCUT2D eigenvalue weighted by atomic mass is 16.6. The van der Waals surface area contributed by atoms with Gasteiger partial charge in [-0.15, -0.1) is 0 Å². The zero-order chi connectivity index (χ0) is 19.9. The van der Waals surface area contributed by atoms with E-state index >= 15 is 0 Å². The molecule has 0 bridgehead atoms. The van der Waals surface area contributed by atoms with E-state index in [1.807, 2.05) is 19.1 Å². The fourth-order valence-corrected chi connectivity index (χ4v) is 2.48. The zero-order valence-corrected chi connectivity index (χ0v) is 16.8. The monoisotopic (exact) mass is 382 g/mol. The summed E-state index contributed by atoms with van der Waals surface area (Å²) in [5.74, 6) is 0.0797. The minimum absolute atomic E-state index is 0.0178. The summed E-state index contributed by atoms with van der Waals surface area (Å²) >= 11 is 0. The Labute approximate surface area is 162 Å². The van der Waals surface area contributed by atoms with Gasteiger partial charge in [-0.3, -0.25) is 4.79 Å². The second-order valence-electron chi connectivity index (χ2n) is 6.79. The lowest BCUT2D eigenvalue weighted by Crippen LogP contribution is -2.17. The van der Waals surface area contributed by atoms with E-state index in [1.165, 1.54) is 5.56 Å². The topological polar surface area (TPSA) is 74.2 Å². The second kappa shape index (κ2) is 14.6. The highest BCUT2D eigenvalue weighted by Gasteiger charge is 2.16. The first-order valence-corrected chi connectivity index (χ1v) is 9.64. The predicted octanol–water partition coefficient (Wildman–Crippen LogP) is 2.57. The standard InChI is InChI=1S/C21H34O6/c1-17(2)16-19-4-6-20(7-5-19)18(3)21(23)27-15-14-26-13-12-25-11-10-24-9-8-22/h4-7,17-18,22H,8-16H2,1-3H3. The lowest BCUT2D eigenvalue weighted by Gasteiger charge is -2.13. The normalized spacial score (nSPS) is 12.3. The van der Waals surface area contributed by atoms with Gasteiger partial charge in [0.25, 0.3) is 0 Å². The van der Waals surface area contributed by atoms with Gasteiger partial charge in [-0.05, 0) is 30.4 Å². The van der Waals surface area contributed by atoms with E-state index in [4.69, 9.17) is 24.1 Å². The van der Waals surface area contributed by atoms with Gasteiger partial charge < -0.3 is 24.1 Å². The van der Waals surface area contributed by atoms with Gasteiger partial charge in [0.1, 0.15) is 6.61 Å². The van der Waals surface area contributed by atoms with Crippen LogP contribution in [0.1, 0.15) is 37.8 Å². The van der Waals surface area contributed by atoms with Gasteiger partial charge in [0.05, 0.1) is 52.2 Å². The molecule has 0 aliphatic heterocycles. The average Bonchev–Trinajstić information content (AvgIpc) is 2.65. The number of rotatable bonds is 15. The number of carbonyl (C=O) groups is 1. The first kappa shape index (κ1) is 23.6. The molecule has 0 amide bonds. The minimum atomic E-state index is -0.291. The molecule has 6 nitrogen and oxygen atoms in total. The molecule has 1 aromatic rings. The van der Waals surface area contributed by atoms with Crippen LogP contribution in [0, 0.1) is 5.92 Å². The van der Waals surface area contributed by atoms with Crippen molar-refractivity contribution in [3.63, 3.8) is 0 Å². The molecule has 0 heterocycles. The van der Waals surface area contributed by atoms with E-state index in [-0.39, 0.29) is 25.1 Å². The summed E-state index contributed by atoms with van der Waals surface area (Å²) in [4.78, 5) is 12.1. The summed E-state index contributed by atoms with van der Waals surface area (Å²) in [5.41, 5.74) is 2.25. The second-order valence-corrected chi connectivity index (χ2v) is 6.79. The van der Waals surface area contributed by atoms with Crippen LogP contribution in [0.3, 0.4) is 0 Å². The SMILES string of the molecule is CC(C)Cc1ccc(C(C)C(=O)OCCOCCOCCOCCO)cc1. The highest BCUT2D eigenvalue weighted by molar-refractivity contribution is 5.77. The van der Waals surface area contributed by atoms with E-state index in [0.717, 1.165) is 12.0 Å². The van der Waals surface area contributed by atoms with Crippen LogP contribution in [0.4, 0.5) is 0 Å². The van der Waals surface area contributed by atoms with Crippen LogP contribution in [-0.2, 0) is 30.2 Å². The van der Waals surface area contributed by atoms with Gasteiger partial charge >= 0.3 is 5.97 Å². The molecular formula is C21H34O6. The molecule has 1 N–H and O–H groups in total. The van der Waals surface area contributed by atoms with Gasteiger partial charge in [-0.2, -0.15) is 0 Å². The van der Waals surface area contributed by atoms with Crippen LogP contribution in [0.2, 0.25) is 0 Å². The molecule has 0 spiro atoms. The smallest absolute Gasteiger partial charge is 0.313 e. The van der Waals surface area contributed by atoms with E-state index in [0.29, 0.717) is 45.6 Å². The van der Waals surface area contributed by atoms with Crippen LogP contribution < -0.4 is 0 Å². The Hall–Kier alpha value is -1.47. The van der Waals surface area contributed by atoms with Crippen molar-refractivity contribution in [1.29, 1.82) is 0 Å². The number of esters is 1. The van der Waals surface area contributed by atoms with Gasteiger partial charge in [0.2, 0.25) is 0 Å². The summed E-state index contributed by atoms with van der Waals surface area (Å²) in [6.45, 7) is 8.96. The molecule has 1 rings (SSSR count). The van der Waals surface area contributed by atoms with Crippen molar-refractivity contribution in [2.24, 2.45) is 5.92 Å². The number of hydrogen-bond donors (Lipinski definition) is 1. The molecule has 0 aromatic heterocycles. The Morgan fingerprint density at radius 3 is 1.89 bits per heavy atom. The number of carbonyl (C=O) groups excluding carboxylic acids is 1. The predicted molar refractivity (Wildman–Crippen MR) is 104 cm³/mol. The number of aliphatic hydroxyl groups is 1. The van der Waals surface area contributed by atoms with Crippen molar-refractivity contribution >= 4 is 5.97 Å². The summed E-state index contributed by atoms with van der Waals surface area (Å²) in [6, 6.07) is 8.16. The Kier molecular flexibility index (Phi) is 12.7. The summed E-state index contributed by atoms with van der Waals surface area (Å²) in [6.07, 6.45) is 1.04. The molecule has 1 unspecified atom stereocenters. The van der Waals surface area contributed by atoms with Crippen molar-refractivity contribution in [2.75, 3.05) is 52.9 Å². The number of benzene rings is 1.